The van der Waals surface area contributed by atoms with Gasteiger partial charge in [0, 0.05) is 25.1 Å². The highest BCUT2D eigenvalue weighted by Crippen LogP contribution is 2.23. The van der Waals surface area contributed by atoms with Crippen LogP contribution in [-0.4, -0.2) is 23.9 Å². The van der Waals surface area contributed by atoms with Crippen LogP contribution in [-0.2, 0) is 0 Å². The van der Waals surface area contributed by atoms with Crippen molar-refractivity contribution in [2.75, 3.05) is 13.1 Å². The van der Waals surface area contributed by atoms with Crippen LogP contribution < -0.4 is 0 Å². The third kappa shape index (κ3) is 2.52. The van der Waals surface area contributed by atoms with E-state index in [2.05, 4.69) is 5.29 Å². The Morgan fingerprint density at radius 2 is 1.94 bits per heavy atom. The molecule has 0 saturated carbocycles. The van der Waals surface area contributed by atoms with Crippen molar-refractivity contribution < 1.29 is 13.6 Å². The van der Waals surface area contributed by atoms with Gasteiger partial charge >= 0.3 is 0 Å². The van der Waals surface area contributed by atoms with Crippen molar-refractivity contribution in [3.05, 3.63) is 40.3 Å². The van der Waals surface area contributed by atoms with Gasteiger partial charge in [-0.25, -0.2) is 8.78 Å². The number of piperidine rings is 1. The highest BCUT2D eigenvalue weighted by Gasteiger charge is 2.27. The molecule has 0 aromatic heterocycles. The maximum Gasteiger partial charge on any atom is 0.169 e. The topological polar surface area (TPSA) is 49.7 Å². The summed E-state index contributed by atoms with van der Waals surface area (Å²) in [6.07, 6.45) is 0.919. The van der Waals surface area contributed by atoms with E-state index in [0.29, 0.717) is 32.0 Å². The molecule has 1 aromatic rings. The Morgan fingerprint density at radius 1 is 1.28 bits per heavy atom. The van der Waals surface area contributed by atoms with Gasteiger partial charge in [-0.15, -0.1) is 4.91 Å². The molecule has 0 spiro atoms. The van der Waals surface area contributed by atoms with E-state index in [1.54, 1.807) is 0 Å². The number of benzene rings is 1. The van der Waals surface area contributed by atoms with Crippen molar-refractivity contribution >= 4 is 5.78 Å². The molecule has 0 atom stereocenters. The molecule has 0 aliphatic carbocycles. The van der Waals surface area contributed by atoms with Crippen molar-refractivity contribution in [1.29, 1.82) is 0 Å². The highest BCUT2D eigenvalue weighted by molar-refractivity contribution is 5.98. The number of hydrogen-bond donors (Lipinski definition) is 0. The van der Waals surface area contributed by atoms with Gasteiger partial charge in [-0.05, 0) is 25.0 Å². The maximum atomic E-state index is 13.5. The second kappa shape index (κ2) is 5.20. The van der Waals surface area contributed by atoms with Crippen molar-refractivity contribution in [3.8, 4) is 0 Å². The summed E-state index contributed by atoms with van der Waals surface area (Å²) in [5.41, 5.74) is -0.0890. The van der Waals surface area contributed by atoms with Crippen LogP contribution in [0.5, 0.6) is 0 Å². The van der Waals surface area contributed by atoms with E-state index in [-0.39, 0.29) is 17.3 Å². The van der Waals surface area contributed by atoms with Crippen LogP contribution in [0.4, 0.5) is 8.78 Å². The van der Waals surface area contributed by atoms with Gasteiger partial charge < -0.3 is 0 Å². The minimum Gasteiger partial charge on any atom is -0.294 e. The summed E-state index contributed by atoms with van der Waals surface area (Å²) in [4.78, 5) is 22.3. The minimum absolute atomic E-state index is 0.0890. The van der Waals surface area contributed by atoms with E-state index in [9.17, 15) is 18.5 Å². The van der Waals surface area contributed by atoms with Gasteiger partial charge in [-0.3, -0.25) is 9.80 Å². The largest absolute Gasteiger partial charge is 0.294 e. The van der Waals surface area contributed by atoms with Crippen LogP contribution in [0.1, 0.15) is 23.2 Å². The maximum absolute atomic E-state index is 13.5. The molecule has 1 saturated heterocycles. The molecule has 0 N–H and O–H groups in total. The Bertz CT molecular complexity index is 471. The molecule has 18 heavy (non-hydrogen) atoms. The number of Topliss-reactive ketones (excluding diaryl/α,β-unsaturated/α-hetero) is 1. The first-order valence-electron chi connectivity index (χ1n) is 5.69. The second-order valence-corrected chi connectivity index (χ2v) is 4.30. The number of carbonyl (C=O) groups is 1. The third-order valence-electron chi connectivity index (χ3n) is 3.15. The van der Waals surface area contributed by atoms with Crippen LogP contribution in [0.25, 0.3) is 0 Å². The highest BCUT2D eigenvalue weighted by atomic mass is 19.1. The summed E-state index contributed by atoms with van der Waals surface area (Å²) < 4.78 is 26.2. The third-order valence-corrected chi connectivity index (χ3v) is 3.15. The average molecular weight is 254 g/mol. The van der Waals surface area contributed by atoms with Crippen molar-refractivity contribution in [2.45, 2.75) is 12.8 Å². The van der Waals surface area contributed by atoms with Crippen LogP contribution in [0.15, 0.2) is 23.5 Å². The normalized spacial score (nSPS) is 16.7. The van der Waals surface area contributed by atoms with Gasteiger partial charge in [-0.2, -0.15) is 0 Å². The summed E-state index contributed by atoms with van der Waals surface area (Å²) in [5, 5.41) is 4.13. The zero-order chi connectivity index (χ0) is 13.1. The number of halogens is 2. The fourth-order valence-corrected chi connectivity index (χ4v) is 2.12. The van der Waals surface area contributed by atoms with Gasteiger partial charge in [0.25, 0.3) is 0 Å². The van der Waals surface area contributed by atoms with Crippen molar-refractivity contribution in [1.82, 2.24) is 5.01 Å². The Morgan fingerprint density at radius 3 is 2.50 bits per heavy atom. The SMILES string of the molecule is O=NN1CCC(C(=O)c2ccc(F)cc2F)CC1. The fourth-order valence-electron chi connectivity index (χ4n) is 2.12. The van der Waals surface area contributed by atoms with Crippen LogP contribution in [0.2, 0.25) is 0 Å². The predicted octanol–water partition coefficient (Wildman–Crippen LogP) is 2.54. The first kappa shape index (κ1) is 12.6. The molecule has 0 unspecified atom stereocenters. The molecule has 0 bridgehead atoms. The predicted molar refractivity (Wildman–Crippen MR) is 60.8 cm³/mol. The van der Waals surface area contributed by atoms with Gasteiger partial charge in [-0.1, -0.05) is 0 Å². The fraction of sp³-hybridized carbons (Fsp3) is 0.417. The van der Waals surface area contributed by atoms with Crippen LogP contribution in [0.3, 0.4) is 0 Å². The summed E-state index contributed by atoms with van der Waals surface area (Å²) in [6.45, 7) is 0.783. The number of ketones is 1. The van der Waals surface area contributed by atoms with E-state index in [1.165, 1.54) is 5.01 Å². The van der Waals surface area contributed by atoms with E-state index in [1.807, 2.05) is 0 Å². The number of rotatable bonds is 3. The van der Waals surface area contributed by atoms with E-state index in [0.717, 1.165) is 12.1 Å². The van der Waals surface area contributed by atoms with Gasteiger partial charge in [0.1, 0.15) is 11.6 Å². The zero-order valence-electron chi connectivity index (χ0n) is 9.60. The lowest BCUT2D eigenvalue weighted by Crippen LogP contribution is -2.33. The minimum atomic E-state index is -0.837. The Labute approximate surface area is 103 Å². The van der Waals surface area contributed by atoms with Gasteiger partial charge in [0.05, 0.1) is 10.8 Å². The van der Waals surface area contributed by atoms with Crippen molar-refractivity contribution in [2.24, 2.45) is 11.2 Å². The Kier molecular flexibility index (Phi) is 3.64. The monoisotopic (exact) mass is 254 g/mol. The standard InChI is InChI=1S/C12H12F2N2O2/c13-9-1-2-10(11(14)7-9)12(17)8-3-5-16(15-18)6-4-8/h1-2,7-8H,3-6H2. The Hall–Kier alpha value is -1.85. The number of nitroso groups, excluding NO2 is 1. The number of carbonyl (C=O) groups excluding carboxylic acids is 1. The second-order valence-electron chi connectivity index (χ2n) is 4.30. The van der Waals surface area contributed by atoms with E-state index in [4.69, 9.17) is 0 Å². The lowest BCUT2D eigenvalue weighted by molar-refractivity contribution is 0.0837. The molecule has 6 heteroatoms. The number of hydrogen-bond acceptors (Lipinski definition) is 3. The molecule has 1 aliphatic heterocycles. The number of nitrogens with zero attached hydrogens (tertiary/aromatic N) is 2. The lowest BCUT2D eigenvalue weighted by Gasteiger charge is -2.26. The van der Waals surface area contributed by atoms with Crippen molar-refractivity contribution in [3.63, 3.8) is 0 Å². The van der Waals surface area contributed by atoms with Gasteiger partial charge in [0.15, 0.2) is 5.78 Å². The lowest BCUT2D eigenvalue weighted by atomic mass is 9.89. The molecule has 0 amide bonds. The first-order valence-corrected chi connectivity index (χ1v) is 5.69. The molecule has 4 nitrogen and oxygen atoms in total. The molecular formula is C12H12F2N2O2. The van der Waals surface area contributed by atoms with Gasteiger partial charge in [0.2, 0.25) is 0 Å². The molecule has 0 radical (unpaired) electrons. The smallest absolute Gasteiger partial charge is 0.169 e. The van der Waals surface area contributed by atoms with Crippen LogP contribution >= 0.6 is 0 Å². The quantitative estimate of drug-likeness (QED) is 0.615. The average Bonchev–Trinajstić information content (AvgIpc) is 2.38. The van der Waals surface area contributed by atoms with E-state index < -0.39 is 11.6 Å². The molecular weight excluding hydrogens is 242 g/mol. The molecule has 1 aliphatic rings. The summed E-state index contributed by atoms with van der Waals surface area (Å²) >= 11 is 0. The molecule has 1 fully saturated rings. The zero-order valence-corrected chi connectivity index (χ0v) is 9.60. The molecule has 2 rings (SSSR count). The first-order chi connectivity index (χ1) is 8.61. The van der Waals surface area contributed by atoms with E-state index >= 15 is 0 Å². The molecule has 1 heterocycles. The summed E-state index contributed by atoms with van der Waals surface area (Å²) in [6, 6.07) is 2.94. The molecule has 96 valence electrons. The summed E-state index contributed by atoms with van der Waals surface area (Å²) in [5.74, 6) is -2.21. The molecule has 1 aromatic carbocycles. The Balaban J connectivity index is 2.10. The van der Waals surface area contributed by atoms with Crippen LogP contribution in [0, 0.1) is 22.5 Å². The summed E-state index contributed by atoms with van der Waals surface area (Å²) in [7, 11) is 0.